The van der Waals surface area contributed by atoms with E-state index in [2.05, 4.69) is 103 Å². The monoisotopic (exact) mass is 473 g/mol. The van der Waals surface area contributed by atoms with Gasteiger partial charge < -0.3 is 5.32 Å². The van der Waals surface area contributed by atoms with Crippen LogP contribution in [0.2, 0.25) is 0 Å². The van der Waals surface area contributed by atoms with Crippen molar-refractivity contribution in [2.75, 3.05) is 6.54 Å². The van der Waals surface area contributed by atoms with Crippen LogP contribution in [0, 0.1) is 6.92 Å². The van der Waals surface area contributed by atoms with Gasteiger partial charge in [0.25, 0.3) is 0 Å². The summed E-state index contributed by atoms with van der Waals surface area (Å²) in [5, 5.41) is 3.65. The van der Waals surface area contributed by atoms with E-state index in [9.17, 15) is 0 Å². The molecule has 0 aliphatic rings. The first-order valence-electron chi connectivity index (χ1n) is 6.97. The molecule has 21 heavy (non-hydrogen) atoms. The van der Waals surface area contributed by atoms with Gasteiger partial charge in [0.1, 0.15) is 0 Å². The minimum absolute atomic E-state index is 0.175. The molecule has 0 spiro atoms. The van der Waals surface area contributed by atoms with Crippen molar-refractivity contribution in [2.24, 2.45) is 0 Å². The predicted octanol–water partition coefficient (Wildman–Crippen LogP) is 6.37. The molecule has 0 saturated carbocycles. The van der Waals surface area contributed by atoms with E-state index in [4.69, 9.17) is 0 Å². The molecule has 2 aromatic rings. The number of hydrogen-bond acceptors (Lipinski definition) is 1. The van der Waals surface area contributed by atoms with Crippen LogP contribution >= 0.6 is 47.8 Å². The highest BCUT2D eigenvalue weighted by Crippen LogP contribution is 2.32. The van der Waals surface area contributed by atoms with Gasteiger partial charge in [-0.05, 0) is 60.8 Å². The van der Waals surface area contributed by atoms with Crippen LogP contribution in [0.15, 0.2) is 49.8 Å². The number of nitrogens with one attached hydrogen (secondary N) is 1. The lowest BCUT2D eigenvalue weighted by Crippen LogP contribution is -2.23. The molecule has 0 saturated heterocycles. The Morgan fingerprint density at radius 3 is 2.43 bits per heavy atom. The normalized spacial score (nSPS) is 12.4. The van der Waals surface area contributed by atoms with Gasteiger partial charge in [0.15, 0.2) is 0 Å². The Morgan fingerprint density at radius 2 is 1.76 bits per heavy atom. The molecule has 1 unspecified atom stereocenters. The third-order valence-corrected chi connectivity index (χ3v) is 5.47. The van der Waals surface area contributed by atoms with Gasteiger partial charge in [-0.25, -0.2) is 0 Å². The molecule has 1 N–H and O–H groups in total. The Morgan fingerprint density at radius 1 is 1.00 bits per heavy atom. The van der Waals surface area contributed by atoms with Crippen LogP contribution in [0.25, 0.3) is 0 Å². The van der Waals surface area contributed by atoms with Gasteiger partial charge in [0.05, 0.1) is 6.04 Å². The van der Waals surface area contributed by atoms with Gasteiger partial charge in [0.2, 0.25) is 0 Å². The van der Waals surface area contributed by atoms with Crippen LogP contribution in [-0.2, 0) is 0 Å². The molecular formula is C17H18Br3N. The number of aryl methyl sites for hydroxylation is 1. The Bertz CT molecular complexity index is 625. The van der Waals surface area contributed by atoms with E-state index in [-0.39, 0.29) is 6.04 Å². The van der Waals surface area contributed by atoms with Crippen LogP contribution in [0.1, 0.15) is 36.1 Å². The smallest absolute Gasteiger partial charge is 0.0588 e. The molecule has 2 rings (SSSR count). The van der Waals surface area contributed by atoms with Crippen LogP contribution in [0.4, 0.5) is 0 Å². The summed E-state index contributed by atoms with van der Waals surface area (Å²) in [4.78, 5) is 0. The Kier molecular flexibility index (Phi) is 6.48. The zero-order valence-corrected chi connectivity index (χ0v) is 16.8. The van der Waals surface area contributed by atoms with E-state index >= 15 is 0 Å². The topological polar surface area (TPSA) is 12.0 Å². The van der Waals surface area contributed by atoms with Crippen LogP contribution in [0.3, 0.4) is 0 Å². The summed E-state index contributed by atoms with van der Waals surface area (Å²) in [6, 6.07) is 13.0. The van der Waals surface area contributed by atoms with Crippen LogP contribution in [-0.4, -0.2) is 6.54 Å². The zero-order chi connectivity index (χ0) is 15.4. The van der Waals surface area contributed by atoms with E-state index < -0.39 is 0 Å². The fourth-order valence-electron chi connectivity index (χ4n) is 2.22. The molecule has 0 aliphatic carbocycles. The molecule has 0 heterocycles. The molecule has 0 amide bonds. The van der Waals surface area contributed by atoms with E-state index in [0.717, 1.165) is 26.4 Å². The molecule has 1 nitrogen and oxygen atoms in total. The quantitative estimate of drug-likeness (QED) is 0.529. The molecule has 1 atom stereocenters. The van der Waals surface area contributed by atoms with Gasteiger partial charge in [0, 0.05) is 13.4 Å². The number of rotatable bonds is 5. The van der Waals surface area contributed by atoms with E-state index in [1.54, 1.807) is 0 Å². The van der Waals surface area contributed by atoms with Crippen molar-refractivity contribution in [3.63, 3.8) is 0 Å². The highest BCUT2D eigenvalue weighted by molar-refractivity contribution is 9.11. The second-order valence-corrected chi connectivity index (χ2v) is 7.69. The largest absolute Gasteiger partial charge is 0.306 e. The molecule has 0 aliphatic heterocycles. The average Bonchev–Trinajstić information content (AvgIpc) is 2.46. The zero-order valence-electron chi connectivity index (χ0n) is 12.1. The first-order valence-corrected chi connectivity index (χ1v) is 9.35. The van der Waals surface area contributed by atoms with Crippen molar-refractivity contribution in [3.8, 4) is 0 Å². The lowest BCUT2D eigenvalue weighted by molar-refractivity contribution is 0.596. The third kappa shape index (κ3) is 4.41. The van der Waals surface area contributed by atoms with Crippen molar-refractivity contribution in [1.29, 1.82) is 0 Å². The van der Waals surface area contributed by atoms with Crippen molar-refractivity contribution in [1.82, 2.24) is 5.32 Å². The number of hydrogen-bond donors (Lipinski definition) is 1. The summed E-state index contributed by atoms with van der Waals surface area (Å²) in [5.41, 5.74) is 3.76. The van der Waals surface area contributed by atoms with E-state index in [1.807, 2.05) is 0 Å². The summed E-state index contributed by atoms with van der Waals surface area (Å²) in [6.07, 6.45) is 1.11. The van der Waals surface area contributed by atoms with Gasteiger partial charge in [-0.3, -0.25) is 0 Å². The summed E-state index contributed by atoms with van der Waals surface area (Å²) in [7, 11) is 0. The fraction of sp³-hybridized carbons (Fsp3) is 0.294. The highest BCUT2D eigenvalue weighted by Gasteiger charge is 2.17. The molecular weight excluding hydrogens is 458 g/mol. The summed E-state index contributed by atoms with van der Waals surface area (Å²) in [6.45, 7) is 5.28. The second-order valence-electron chi connectivity index (χ2n) is 5.06. The minimum atomic E-state index is 0.175. The summed E-state index contributed by atoms with van der Waals surface area (Å²) >= 11 is 10.9. The second kappa shape index (κ2) is 7.91. The van der Waals surface area contributed by atoms with Gasteiger partial charge in [-0.1, -0.05) is 66.8 Å². The first kappa shape index (κ1) is 17.2. The molecule has 0 radical (unpaired) electrons. The van der Waals surface area contributed by atoms with Crippen LogP contribution in [0.5, 0.6) is 0 Å². The Balaban J connectivity index is 2.46. The van der Waals surface area contributed by atoms with Gasteiger partial charge in [-0.15, -0.1) is 0 Å². The molecule has 112 valence electrons. The van der Waals surface area contributed by atoms with E-state index in [0.29, 0.717) is 0 Å². The molecule has 0 fully saturated rings. The average molecular weight is 476 g/mol. The highest BCUT2D eigenvalue weighted by atomic mass is 79.9. The number of benzene rings is 2. The summed E-state index contributed by atoms with van der Waals surface area (Å²) < 4.78 is 3.36. The first-order chi connectivity index (χ1) is 10.0. The molecule has 4 heteroatoms. The van der Waals surface area contributed by atoms with Crippen molar-refractivity contribution < 1.29 is 0 Å². The summed E-state index contributed by atoms with van der Waals surface area (Å²) in [5.74, 6) is 0. The molecule has 0 aromatic heterocycles. The van der Waals surface area contributed by atoms with Crippen molar-refractivity contribution >= 4 is 47.8 Å². The van der Waals surface area contributed by atoms with Gasteiger partial charge >= 0.3 is 0 Å². The molecule has 0 bridgehead atoms. The maximum absolute atomic E-state index is 3.68. The predicted molar refractivity (Wildman–Crippen MR) is 101 cm³/mol. The third-order valence-electron chi connectivity index (χ3n) is 3.40. The maximum atomic E-state index is 3.68. The van der Waals surface area contributed by atoms with Crippen LogP contribution < -0.4 is 5.32 Å². The fourth-order valence-corrected chi connectivity index (χ4v) is 3.47. The lowest BCUT2D eigenvalue weighted by atomic mass is 9.97. The van der Waals surface area contributed by atoms with Gasteiger partial charge in [-0.2, -0.15) is 0 Å². The number of halogens is 3. The minimum Gasteiger partial charge on any atom is -0.306 e. The SMILES string of the molecule is CCCNC(c1ccc(C)c(Br)c1)c1cc(Br)ccc1Br. The standard InChI is InChI=1S/C17H18Br3N/c1-3-8-21-17(12-5-4-11(2)16(20)9-12)14-10-13(18)6-7-15(14)19/h4-7,9-10,17,21H,3,8H2,1-2H3. The Labute approximate surface area is 151 Å². The van der Waals surface area contributed by atoms with Crippen molar-refractivity contribution in [2.45, 2.75) is 26.3 Å². The molecule has 2 aromatic carbocycles. The maximum Gasteiger partial charge on any atom is 0.0588 e. The Hall–Kier alpha value is -0.160. The van der Waals surface area contributed by atoms with Crippen molar-refractivity contribution in [3.05, 3.63) is 66.5 Å². The van der Waals surface area contributed by atoms with E-state index in [1.165, 1.54) is 16.7 Å². The lowest BCUT2D eigenvalue weighted by Gasteiger charge is -2.22.